The summed E-state index contributed by atoms with van der Waals surface area (Å²) >= 11 is 0. The van der Waals surface area contributed by atoms with Gasteiger partial charge in [-0.05, 0) is 23.8 Å². The second-order valence-electron chi connectivity index (χ2n) is 4.16. The molecule has 0 aliphatic carbocycles. The van der Waals surface area contributed by atoms with Crippen LogP contribution in [0, 0.1) is 0 Å². The summed E-state index contributed by atoms with van der Waals surface area (Å²) in [5.41, 5.74) is 1.83. The zero-order chi connectivity index (χ0) is 13.3. The van der Waals surface area contributed by atoms with Gasteiger partial charge in [-0.3, -0.25) is 9.78 Å². The molecule has 0 saturated carbocycles. The van der Waals surface area contributed by atoms with E-state index in [1.54, 1.807) is 18.3 Å². The highest BCUT2D eigenvalue weighted by Crippen LogP contribution is 1.97. The van der Waals surface area contributed by atoms with Crippen molar-refractivity contribution in [1.29, 1.82) is 0 Å². The number of hydrogen-bond acceptors (Lipinski definition) is 3. The zero-order valence-corrected chi connectivity index (χ0v) is 10.7. The van der Waals surface area contributed by atoms with E-state index in [9.17, 15) is 4.79 Å². The molecule has 4 nitrogen and oxygen atoms in total. The molecule has 0 aliphatic rings. The molecule has 1 amide bonds. The lowest BCUT2D eigenvalue weighted by molar-refractivity contribution is 0.0954. The van der Waals surface area contributed by atoms with Crippen molar-refractivity contribution in [3.8, 4) is 0 Å². The zero-order valence-electron chi connectivity index (χ0n) is 10.7. The Morgan fingerprint density at radius 1 is 1.05 bits per heavy atom. The van der Waals surface area contributed by atoms with Crippen molar-refractivity contribution in [2.45, 2.75) is 6.54 Å². The number of carbonyl (C=O) groups is 1. The van der Waals surface area contributed by atoms with Gasteiger partial charge in [0, 0.05) is 37.6 Å². The number of benzene rings is 1. The van der Waals surface area contributed by atoms with Gasteiger partial charge in [0.2, 0.25) is 0 Å². The summed E-state index contributed by atoms with van der Waals surface area (Å²) in [6.45, 7) is 2.09. The third-order valence-electron chi connectivity index (χ3n) is 2.68. The fraction of sp³-hybridized carbons (Fsp3) is 0.200. The monoisotopic (exact) mass is 255 g/mol. The molecule has 0 atom stereocenters. The Labute approximate surface area is 112 Å². The predicted molar refractivity (Wildman–Crippen MR) is 74.7 cm³/mol. The maximum atomic E-state index is 11.7. The number of aromatic nitrogens is 1. The summed E-state index contributed by atoms with van der Waals surface area (Å²) in [6, 6.07) is 13.1. The highest BCUT2D eigenvalue weighted by atomic mass is 16.1. The number of nitrogens with zero attached hydrogens (tertiary/aromatic N) is 1. The second kappa shape index (κ2) is 7.28. The van der Waals surface area contributed by atoms with Crippen molar-refractivity contribution in [3.05, 3.63) is 66.0 Å². The lowest BCUT2D eigenvalue weighted by Gasteiger charge is -2.06. The maximum Gasteiger partial charge on any atom is 0.251 e. The van der Waals surface area contributed by atoms with E-state index >= 15 is 0 Å². The van der Waals surface area contributed by atoms with Crippen LogP contribution in [0.1, 0.15) is 15.9 Å². The van der Waals surface area contributed by atoms with Crippen LogP contribution in [0.15, 0.2) is 54.9 Å². The third kappa shape index (κ3) is 4.52. The van der Waals surface area contributed by atoms with Crippen LogP contribution in [-0.2, 0) is 6.54 Å². The standard InChI is InChI=1S/C15H17N3O/c19-15(14-6-2-1-3-7-14)18-10-9-17-12-13-5-4-8-16-11-13/h1-8,11,17H,9-10,12H2,(H,18,19). The Morgan fingerprint density at radius 3 is 2.63 bits per heavy atom. The van der Waals surface area contributed by atoms with Gasteiger partial charge in [-0.1, -0.05) is 24.3 Å². The lowest BCUT2D eigenvalue weighted by Crippen LogP contribution is -2.31. The Balaban J connectivity index is 1.63. The minimum Gasteiger partial charge on any atom is -0.351 e. The van der Waals surface area contributed by atoms with Gasteiger partial charge in [0.05, 0.1) is 0 Å². The minimum atomic E-state index is -0.0382. The van der Waals surface area contributed by atoms with Crippen LogP contribution < -0.4 is 10.6 Å². The maximum absolute atomic E-state index is 11.7. The Kier molecular flexibility index (Phi) is 5.07. The van der Waals surface area contributed by atoms with Crippen molar-refractivity contribution in [2.75, 3.05) is 13.1 Å². The fourth-order valence-corrected chi connectivity index (χ4v) is 1.69. The average molecular weight is 255 g/mol. The first kappa shape index (κ1) is 13.2. The molecule has 4 heteroatoms. The molecule has 0 spiro atoms. The van der Waals surface area contributed by atoms with Crippen molar-refractivity contribution < 1.29 is 4.79 Å². The number of carbonyl (C=O) groups excluding carboxylic acids is 1. The smallest absolute Gasteiger partial charge is 0.251 e. The van der Waals surface area contributed by atoms with E-state index in [1.807, 2.05) is 36.5 Å². The van der Waals surface area contributed by atoms with Gasteiger partial charge >= 0.3 is 0 Å². The number of nitrogens with one attached hydrogen (secondary N) is 2. The van der Waals surface area contributed by atoms with Crippen LogP contribution in [0.25, 0.3) is 0 Å². The summed E-state index contributed by atoms with van der Waals surface area (Å²) in [7, 11) is 0. The molecule has 98 valence electrons. The largest absolute Gasteiger partial charge is 0.351 e. The number of amides is 1. The quantitative estimate of drug-likeness (QED) is 0.771. The van der Waals surface area contributed by atoms with Crippen LogP contribution in [0.3, 0.4) is 0 Å². The number of hydrogen-bond donors (Lipinski definition) is 2. The summed E-state index contributed by atoms with van der Waals surface area (Å²) in [5, 5.41) is 6.12. The summed E-state index contributed by atoms with van der Waals surface area (Å²) < 4.78 is 0. The van der Waals surface area contributed by atoms with E-state index in [4.69, 9.17) is 0 Å². The Morgan fingerprint density at radius 2 is 1.89 bits per heavy atom. The molecule has 0 aliphatic heterocycles. The molecule has 2 aromatic rings. The number of rotatable bonds is 6. The van der Waals surface area contributed by atoms with Gasteiger partial charge in [0.25, 0.3) is 5.91 Å². The van der Waals surface area contributed by atoms with Crippen LogP contribution in [0.5, 0.6) is 0 Å². The molecular weight excluding hydrogens is 238 g/mol. The normalized spacial score (nSPS) is 10.1. The van der Waals surface area contributed by atoms with E-state index in [2.05, 4.69) is 15.6 Å². The van der Waals surface area contributed by atoms with E-state index in [-0.39, 0.29) is 5.91 Å². The topological polar surface area (TPSA) is 54.0 Å². The molecule has 0 saturated heterocycles. The molecule has 2 rings (SSSR count). The lowest BCUT2D eigenvalue weighted by atomic mass is 10.2. The van der Waals surface area contributed by atoms with Gasteiger partial charge < -0.3 is 10.6 Å². The van der Waals surface area contributed by atoms with E-state index in [1.165, 1.54) is 0 Å². The summed E-state index contributed by atoms with van der Waals surface area (Å²) in [6.07, 6.45) is 3.58. The van der Waals surface area contributed by atoms with E-state index in [0.29, 0.717) is 12.1 Å². The minimum absolute atomic E-state index is 0.0382. The molecule has 0 fully saturated rings. The van der Waals surface area contributed by atoms with Crippen LogP contribution in [0.4, 0.5) is 0 Å². The SMILES string of the molecule is O=C(NCCNCc1cccnc1)c1ccccc1. The Bertz CT molecular complexity index is 499. The molecule has 1 aromatic carbocycles. The molecule has 0 radical (unpaired) electrons. The second-order valence-corrected chi connectivity index (χ2v) is 4.16. The summed E-state index contributed by atoms with van der Waals surface area (Å²) in [4.78, 5) is 15.8. The first-order valence-corrected chi connectivity index (χ1v) is 6.29. The molecule has 1 heterocycles. The molecule has 1 aromatic heterocycles. The third-order valence-corrected chi connectivity index (χ3v) is 2.68. The molecule has 0 bridgehead atoms. The van der Waals surface area contributed by atoms with Gasteiger partial charge in [-0.25, -0.2) is 0 Å². The van der Waals surface area contributed by atoms with Gasteiger partial charge in [0.15, 0.2) is 0 Å². The van der Waals surface area contributed by atoms with Gasteiger partial charge in [-0.2, -0.15) is 0 Å². The van der Waals surface area contributed by atoms with Crippen molar-refractivity contribution in [1.82, 2.24) is 15.6 Å². The molecule has 0 unspecified atom stereocenters. The summed E-state index contributed by atoms with van der Waals surface area (Å²) in [5.74, 6) is -0.0382. The molecular formula is C15H17N3O. The van der Waals surface area contributed by atoms with Crippen LogP contribution in [-0.4, -0.2) is 24.0 Å². The number of pyridine rings is 1. The van der Waals surface area contributed by atoms with Crippen LogP contribution in [0.2, 0.25) is 0 Å². The highest BCUT2D eigenvalue weighted by molar-refractivity contribution is 5.94. The highest BCUT2D eigenvalue weighted by Gasteiger charge is 2.02. The average Bonchev–Trinajstić information content (AvgIpc) is 2.49. The fourth-order valence-electron chi connectivity index (χ4n) is 1.69. The van der Waals surface area contributed by atoms with Crippen LogP contribution >= 0.6 is 0 Å². The first-order valence-electron chi connectivity index (χ1n) is 6.29. The molecule has 19 heavy (non-hydrogen) atoms. The van der Waals surface area contributed by atoms with Crippen molar-refractivity contribution in [2.24, 2.45) is 0 Å². The van der Waals surface area contributed by atoms with E-state index < -0.39 is 0 Å². The van der Waals surface area contributed by atoms with Gasteiger partial charge in [0.1, 0.15) is 0 Å². The van der Waals surface area contributed by atoms with Crippen molar-refractivity contribution in [3.63, 3.8) is 0 Å². The van der Waals surface area contributed by atoms with Crippen molar-refractivity contribution >= 4 is 5.91 Å². The first-order chi connectivity index (χ1) is 9.36. The molecule has 2 N–H and O–H groups in total. The predicted octanol–water partition coefficient (Wildman–Crippen LogP) is 1.60. The Hall–Kier alpha value is -2.20. The van der Waals surface area contributed by atoms with Gasteiger partial charge in [-0.15, -0.1) is 0 Å². The van der Waals surface area contributed by atoms with E-state index in [0.717, 1.165) is 18.7 Å².